The molecule has 1 aromatic carbocycles. The van der Waals surface area contributed by atoms with Gasteiger partial charge < -0.3 is 24.8 Å². The van der Waals surface area contributed by atoms with Gasteiger partial charge in [0.15, 0.2) is 11.5 Å². The molecule has 9 nitrogen and oxygen atoms in total. The van der Waals surface area contributed by atoms with E-state index in [0.29, 0.717) is 12.2 Å². The van der Waals surface area contributed by atoms with Gasteiger partial charge in [-0.15, -0.1) is 0 Å². The van der Waals surface area contributed by atoms with Crippen molar-refractivity contribution in [3.63, 3.8) is 0 Å². The number of hydrogen-bond acceptors (Lipinski definition) is 7. The largest absolute Gasteiger partial charge is 0.504 e. The van der Waals surface area contributed by atoms with Crippen LogP contribution in [0.1, 0.15) is 56.1 Å². The Balaban J connectivity index is 1.41. The molecule has 5 aliphatic rings. The molecule has 3 fully saturated rings. The number of hydrogen-bond donors (Lipinski definition) is 4. The molecule has 3 aliphatic carbocycles. The van der Waals surface area contributed by atoms with Gasteiger partial charge in [-0.3, -0.25) is 19.8 Å². The van der Waals surface area contributed by atoms with Gasteiger partial charge in [0, 0.05) is 37.7 Å². The number of phenolic OH excluding ortho intramolecular Hbond substituents is 1. The Kier molecular flexibility index (Phi) is 5.32. The highest BCUT2D eigenvalue weighted by atomic mass is 16.5. The lowest BCUT2D eigenvalue weighted by molar-refractivity contribution is -0.208. The minimum atomic E-state index is -1.06. The van der Waals surface area contributed by atoms with Gasteiger partial charge >= 0.3 is 11.9 Å². The molecule has 6 rings (SSSR count). The summed E-state index contributed by atoms with van der Waals surface area (Å²) in [6.07, 6.45) is 4.98. The monoisotopic (exact) mass is 486 g/mol. The first-order valence-corrected chi connectivity index (χ1v) is 12.8. The summed E-state index contributed by atoms with van der Waals surface area (Å²) in [6.45, 7) is 1.99. The van der Waals surface area contributed by atoms with Gasteiger partial charge in [0.1, 0.15) is 12.1 Å². The van der Waals surface area contributed by atoms with Crippen LogP contribution in [0, 0.1) is 5.92 Å². The Hall–Kier alpha value is -2.36. The van der Waals surface area contributed by atoms with Gasteiger partial charge in [-0.25, -0.2) is 0 Å². The number of nitrogens with zero attached hydrogens (tertiary/aromatic N) is 1. The van der Waals surface area contributed by atoms with Crippen molar-refractivity contribution in [3.05, 3.63) is 23.3 Å². The first-order chi connectivity index (χ1) is 16.8. The third-order valence-corrected chi connectivity index (χ3v) is 9.45. The van der Waals surface area contributed by atoms with Crippen LogP contribution in [0.3, 0.4) is 0 Å². The fourth-order valence-corrected chi connectivity index (χ4v) is 7.84. The van der Waals surface area contributed by atoms with E-state index in [0.717, 1.165) is 43.8 Å². The average Bonchev–Trinajstić information content (AvgIpc) is 3.57. The maximum absolute atomic E-state index is 12.0. The molecule has 6 atom stereocenters. The molecule has 190 valence electrons. The number of piperidine rings is 1. The van der Waals surface area contributed by atoms with Crippen LogP contribution in [0.25, 0.3) is 0 Å². The lowest BCUT2D eigenvalue weighted by Gasteiger charge is -2.65. The third kappa shape index (κ3) is 3.24. The number of carboxylic acid groups (broad SMARTS) is 2. The predicted octanol–water partition coefficient (Wildman–Crippen LogP) is 1.89. The number of rotatable bonds is 9. The summed E-state index contributed by atoms with van der Waals surface area (Å²) < 4.78 is 13.1. The second-order valence-corrected chi connectivity index (χ2v) is 11.1. The number of phenols is 1. The Bertz CT molecular complexity index is 1060. The topological polar surface area (TPSA) is 129 Å². The molecule has 2 unspecified atom stereocenters. The molecular weight excluding hydrogens is 452 g/mol. The molecule has 0 radical (unpaired) electrons. The van der Waals surface area contributed by atoms with Crippen molar-refractivity contribution < 1.29 is 34.4 Å². The van der Waals surface area contributed by atoms with Crippen LogP contribution in [0.4, 0.5) is 0 Å². The van der Waals surface area contributed by atoms with E-state index in [4.69, 9.17) is 14.6 Å². The second kappa shape index (κ2) is 8.08. The molecule has 2 saturated carbocycles. The van der Waals surface area contributed by atoms with Gasteiger partial charge in [-0.05, 0) is 69.0 Å². The minimum absolute atomic E-state index is 0.00243. The van der Waals surface area contributed by atoms with Crippen LogP contribution in [-0.4, -0.2) is 82.2 Å². The van der Waals surface area contributed by atoms with Gasteiger partial charge in [0.25, 0.3) is 0 Å². The predicted molar refractivity (Wildman–Crippen MR) is 125 cm³/mol. The minimum Gasteiger partial charge on any atom is -0.504 e. The van der Waals surface area contributed by atoms with E-state index in [2.05, 4.69) is 10.2 Å². The number of aliphatic carboxylic acids is 2. The summed E-state index contributed by atoms with van der Waals surface area (Å²) in [4.78, 5) is 25.7. The van der Waals surface area contributed by atoms with E-state index in [9.17, 15) is 19.8 Å². The van der Waals surface area contributed by atoms with E-state index in [-0.39, 0.29) is 30.7 Å². The normalized spacial score (nSPS) is 35.7. The zero-order valence-corrected chi connectivity index (χ0v) is 20.0. The van der Waals surface area contributed by atoms with Gasteiger partial charge in [-0.1, -0.05) is 6.07 Å². The molecule has 0 aromatic heterocycles. The average molecular weight is 487 g/mol. The highest BCUT2D eigenvalue weighted by Gasteiger charge is 2.74. The highest BCUT2D eigenvalue weighted by Crippen LogP contribution is 2.66. The van der Waals surface area contributed by atoms with Crippen molar-refractivity contribution in [2.75, 3.05) is 20.2 Å². The van der Waals surface area contributed by atoms with E-state index in [1.165, 1.54) is 18.4 Å². The van der Waals surface area contributed by atoms with Crippen LogP contribution in [0.5, 0.6) is 11.5 Å². The maximum atomic E-state index is 12.0. The summed E-state index contributed by atoms with van der Waals surface area (Å²) in [5.41, 5.74) is 1.23. The number of ether oxygens (including phenoxy) is 2. The Morgan fingerprint density at radius 1 is 1.26 bits per heavy atom. The SMILES string of the molecule is CO[C@@]12CC[C@@H](NC(CCC(=O)O)C(=O)O)[C@@H]3Oc4c(O)ccc5c4[C@@]31CCN(CC1CC1)C2C5. The molecule has 9 heteroatoms. The number of aromatic hydroxyl groups is 1. The lowest BCUT2D eigenvalue weighted by atomic mass is 9.48. The van der Waals surface area contributed by atoms with E-state index in [1.807, 2.05) is 6.07 Å². The van der Waals surface area contributed by atoms with Crippen molar-refractivity contribution in [1.82, 2.24) is 10.2 Å². The first-order valence-electron chi connectivity index (χ1n) is 12.8. The number of nitrogens with one attached hydrogen (secondary N) is 1. The van der Waals surface area contributed by atoms with Gasteiger partial charge in [-0.2, -0.15) is 0 Å². The summed E-state index contributed by atoms with van der Waals surface area (Å²) in [6, 6.07) is 2.62. The fraction of sp³-hybridized carbons (Fsp3) is 0.692. The third-order valence-electron chi connectivity index (χ3n) is 9.45. The van der Waals surface area contributed by atoms with Crippen LogP contribution in [-0.2, 0) is 26.2 Å². The zero-order chi connectivity index (χ0) is 24.5. The fourth-order valence-electron chi connectivity index (χ4n) is 7.84. The van der Waals surface area contributed by atoms with Gasteiger partial charge in [0.2, 0.25) is 0 Å². The van der Waals surface area contributed by atoms with Crippen molar-refractivity contribution >= 4 is 11.9 Å². The molecule has 4 N–H and O–H groups in total. The molecule has 2 bridgehead atoms. The number of methoxy groups -OCH3 is 1. The number of benzene rings is 1. The lowest BCUT2D eigenvalue weighted by Crippen LogP contribution is -2.79. The maximum Gasteiger partial charge on any atom is 0.320 e. The molecular formula is C26H34N2O7. The molecule has 2 aliphatic heterocycles. The van der Waals surface area contributed by atoms with E-state index in [1.54, 1.807) is 13.2 Å². The molecule has 1 spiro atoms. The van der Waals surface area contributed by atoms with Crippen molar-refractivity contribution in [1.29, 1.82) is 0 Å². The number of likely N-dealkylation sites (tertiary alicyclic amines) is 1. The van der Waals surface area contributed by atoms with Crippen LogP contribution in [0.2, 0.25) is 0 Å². The van der Waals surface area contributed by atoms with Crippen LogP contribution >= 0.6 is 0 Å². The first kappa shape index (κ1) is 23.1. The van der Waals surface area contributed by atoms with E-state index >= 15 is 0 Å². The van der Waals surface area contributed by atoms with Crippen LogP contribution < -0.4 is 10.1 Å². The molecule has 1 aromatic rings. The summed E-state index contributed by atoms with van der Waals surface area (Å²) in [5, 5.41) is 33.0. The number of carbonyl (C=O) groups is 2. The standard InChI is InChI=1S/C26H34N2O7/c1-34-26-9-8-16(27-17(24(32)33)5-7-20(30)31)23-25(26)10-11-28(13-14-2-3-14)19(26)12-15-4-6-18(29)22(35-23)21(15)25/h4,6,14,16-17,19,23,27,29H,2-3,5,7-13H2,1H3,(H,30,31)(H,32,33)/t16-,17?,19?,23+,25+,26-/m1/s1. The Morgan fingerprint density at radius 3 is 2.74 bits per heavy atom. The molecule has 2 heterocycles. The smallest absolute Gasteiger partial charge is 0.320 e. The molecule has 0 amide bonds. The summed E-state index contributed by atoms with van der Waals surface area (Å²) in [5.74, 6) is -0.707. The molecule has 35 heavy (non-hydrogen) atoms. The molecule has 1 saturated heterocycles. The van der Waals surface area contributed by atoms with Crippen molar-refractivity contribution in [2.24, 2.45) is 5.92 Å². The summed E-state index contributed by atoms with van der Waals surface area (Å²) >= 11 is 0. The Morgan fingerprint density at radius 2 is 2.06 bits per heavy atom. The van der Waals surface area contributed by atoms with Crippen molar-refractivity contribution in [2.45, 2.75) is 86.6 Å². The van der Waals surface area contributed by atoms with Gasteiger partial charge in [0.05, 0.1) is 11.0 Å². The Labute approximate surface area is 204 Å². The highest BCUT2D eigenvalue weighted by molar-refractivity contribution is 5.75. The second-order valence-electron chi connectivity index (χ2n) is 11.1. The summed E-state index contributed by atoms with van der Waals surface area (Å²) in [7, 11) is 1.79. The van der Waals surface area contributed by atoms with E-state index < -0.39 is 35.1 Å². The number of carboxylic acids is 2. The van der Waals surface area contributed by atoms with Crippen LogP contribution in [0.15, 0.2) is 12.1 Å². The quantitative estimate of drug-likeness (QED) is 0.414. The van der Waals surface area contributed by atoms with Crippen molar-refractivity contribution in [3.8, 4) is 11.5 Å². The zero-order valence-electron chi connectivity index (χ0n) is 20.0.